The van der Waals surface area contributed by atoms with E-state index in [0.717, 1.165) is 0 Å². The molecule has 6 nitrogen and oxygen atoms in total. The molecular weight excluding hydrogens is 228 g/mol. The van der Waals surface area contributed by atoms with Crippen LogP contribution in [0.3, 0.4) is 0 Å². The van der Waals surface area contributed by atoms with Gasteiger partial charge in [0, 0.05) is 33.8 Å². The van der Waals surface area contributed by atoms with Gasteiger partial charge in [-0.2, -0.15) is 0 Å². The summed E-state index contributed by atoms with van der Waals surface area (Å²) < 4.78 is 20.6. The van der Waals surface area contributed by atoms with E-state index in [-0.39, 0.29) is 30.8 Å². The molecule has 1 heterocycles. The van der Waals surface area contributed by atoms with Crippen LogP contribution in [0.1, 0.15) is 26.7 Å². The molecule has 0 aromatic carbocycles. The average molecular weight is 246 g/mol. The summed E-state index contributed by atoms with van der Waals surface area (Å²) in [5.41, 5.74) is 0. The Kier molecular flexibility index (Phi) is 5.37. The fourth-order valence-electron chi connectivity index (χ4n) is 1.73. The molecule has 1 saturated heterocycles. The van der Waals surface area contributed by atoms with Crippen LogP contribution in [0, 0.1) is 0 Å². The van der Waals surface area contributed by atoms with E-state index in [4.69, 9.17) is 18.9 Å². The third kappa shape index (κ3) is 5.14. The minimum atomic E-state index is -0.436. The Morgan fingerprint density at radius 2 is 1.94 bits per heavy atom. The standard InChI is InChI=1S/C11H18O6/c1-7(12)15-6-10-4-9(16-8(2)13)5-11(14-3)17-10/h9-11H,4-6H2,1-3H3/t9-,10+,11-/m0/s1. The molecule has 0 unspecified atom stereocenters. The summed E-state index contributed by atoms with van der Waals surface area (Å²) in [7, 11) is 1.52. The summed E-state index contributed by atoms with van der Waals surface area (Å²) in [6.45, 7) is 2.84. The third-order valence-electron chi connectivity index (χ3n) is 2.39. The highest BCUT2D eigenvalue weighted by Crippen LogP contribution is 2.23. The Morgan fingerprint density at radius 1 is 1.24 bits per heavy atom. The second kappa shape index (κ2) is 6.56. The summed E-state index contributed by atoms with van der Waals surface area (Å²) in [6.07, 6.45) is 0.00157. The molecule has 3 atom stereocenters. The summed E-state index contributed by atoms with van der Waals surface area (Å²) >= 11 is 0. The smallest absolute Gasteiger partial charge is 0.302 e. The van der Waals surface area contributed by atoms with Crippen molar-refractivity contribution in [2.45, 2.75) is 45.2 Å². The van der Waals surface area contributed by atoms with Crippen LogP contribution in [-0.4, -0.2) is 44.2 Å². The van der Waals surface area contributed by atoms with Crippen molar-refractivity contribution in [2.75, 3.05) is 13.7 Å². The Morgan fingerprint density at radius 3 is 2.47 bits per heavy atom. The minimum absolute atomic E-state index is 0.146. The van der Waals surface area contributed by atoms with Crippen LogP contribution in [0.2, 0.25) is 0 Å². The quantitative estimate of drug-likeness (QED) is 0.678. The lowest BCUT2D eigenvalue weighted by Crippen LogP contribution is -2.40. The highest BCUT2D eigenvalue weighted by Gasteiger charge is 2.31. The van der Waals surface area contributed by atoms with E-state index >= 15 is 0 Å². The summed E-state index contributed by atoms with van der Waals surface area (Å²) in [4.78, 5) is 21.6. The van der Waals surface area contributed by atoms with E-state index in [1.165, 1.54) is 21.0 Å². The molecule has 1 rings (SSSR count). The lowest BCUT2D eigenvalue weighted by molar-refractivity contribution is -0.220. The molecule has 0 aromatic heterocycles. The first-order valence-electron chi connectivity index (χ1n) is 5.50. The van der Waals surface area contributed by atoms with E-state index < -0.39 is 6.29 Å². The van der Waals surface area contributed by atoms with Gasteiger partial charge in [-0.3, -0.25) is 9.59 Å². The van der Waals surface area contributed by atoms with Crippen molar-refractivity contribution in [3.63, 3.8) is 0 Å². The van der Waals surface area contributed by atoms with E-state index in [9.17, 15) is 9.59 Å². The van der Waals surface area contributed by atoms with E-state index in [2.05, 4.69) is 0 Å². The highest BCUT2D eigenvalue weighted by molar-refractivity contribution is 5.66. The number of carbonyl (C=O) groups is 2. The lowest BCUT2D eigenvalue weighted by Gasteiger charge is -2.33. The van der Waals surface area contributed by atoms with Crippen molar-refractivity contribution in [2.24, 2.45) is 0 Å². The van der Waals surface area contributed by atoms with Crippen LogP contribution in [0.5, 0.6) is 0 Å². The van der Waals surface area contributed by atoms with Gasteiger partial charge in [0.05, 0.1) is 6.10 Å². The zero-order valence-electron chi connectivity index (χ0n) is 10.3. The number of rotatable bonds is 4. The molecule has 1 aliphatic heterocycles. The van der Waals surface area contributed by atoms with Gasteiger partial charge in [-0.25, -0.2) is 0 Å². The number of carbonyl (C=O) groups excluding carboxylic acids is 2. The normalized spacial score (nSPS) is 28.5. The molecule has 6 heteroatoms. The SMILES string of the molecule is CO[C@@H]1C[C@@H](OC(C)=O)C[C@H](COC(C)=O)O1. The Hall–Kier alpha value is -1.14. The fourth-order valence-corrected chi connectivity index (χ4v) is 1.73. The van der Waals surface area contributed by atoms with Gasteiger partial charge in [-0.1, -0.05) is 0 Å². The van der Waals surface area contributed by atoms with Crippen LogP contribution >= 0.6 is 0 Å². The molecule has 0 saturated carbocycles. The largest absolute Gasteiger partial charge is 0.463 e. The predicted molar refractivity (Wildman–Crippen MR) is 57.1 cm³/mol. The van der Waals surface area contributed by atoms with Gasteiger partial charge in [0.2, 0.25) is 0 Å². The topological polar surface area (TPSA) is 71.1 Å². The Balaban J connectivity index is 2.47. The van der Waals surface area contributed by atoms with Gasteiger partial charge in [-0.15, -0.1) is 0 Å². The minimum Gasteiger partial charge on any atom is -0.463 e. The van der Waals surface area contributed by atoms with Crippen molar-refractivity contribution in [1.82, 2.24) is 0 Å². The molecule has 98 valence electrons. The lowest BCUT2D eigenvalue weighted by atomic mass is 10.1. The molecule has 1 aliphatic rings. The molecule has 0 aromatic rings. The third-order valence-corrected chi connectivity index (χ3v) is 2.39. The molecule has 0 N–H and O–H groups in total. The number of hydrogen-bond donors (Lipinski definition) is 0. The number of esters is 2. The molecule has 0 radical (unpaired) electrons. The molecular formula is C11H18O6. The van der Waals surface area contributed by atoms with E-state index in [1.54, 1.807) is 0 Å². The first-order valence-corrected chi connectivity index (χ1v) is 5.50. The highest BCUT2D eigenvalue weighted by atomic mass is 16.7. The van der Waals surface area contributed by atoms with E-state index in [1.807, 2.05) is 0 Å². The van der Waals surface area contributed by atoms with Crippen molar-refractivity contribution < 1.29 is 28.5 Å². The van der Waals surface area contributed by atoms with Crippen molar-refractivity contribution in [3.8, 4) is 0 Å². The van der Waals surface area contributed by atoms with Crippen LogP contribution in [0.25, 0.3) is 0 Å². The Bertz CT molecular complexity index is 277. The van der Waals surface area contributed by atoms with E-state index in [0.29, 0.717) is 12.8 Å². The maximum absolute atomic E-state index is 10.9. The van der Waals surface area contributed by atoms with Crippen LogP contribution in [0.4, 0.5) is 0 Å². The van der Waals surface area contributed by atoms with Gasteiger partial charge in [0.1, 0.15) is 12.7 Å². The van der Waals surface area contributed by atoms with Crippen molar-refractivity contribution in [1.29, 1.82) is 0 Å². The van der Waals surface area contributed by atoms with Gasteiger partial charge in [0.15, 0.2) is 6.29 Å². The van der Waals surface area contributed by atoms with Crippen LogP contribution in [-0.2, 0) is 28.5 Å². The molecule has 17 heavy (non-hydrogen) atoms. The van der Waals surface area contributed by atoms with Gasteiger partial charge < -0.3 is 18.9 Å². The van der Waals surface area contributed by atoms with Gasteiger partial charge >= 0.3 is 11.9 Å². The molecule has 0 aliphatic carbocycles. The number of methoxy groups -OCH3 is 1. The Labute approximate surface area is 100 Å². The van der Waals surface area contributed by atoms with Crippen LogP contribution < -0.4 is 0 Å². The zero-order valence-corrected chi connectivity index (χ0v) is 10.3. The van der Waals surface area contributed by atoms with Gasteiger partial charge in [0.25, 0.3) is 0 Å². The summed E-state index contributed by atoms with van der Waals surface area (Å²) in [6, 6.07) is 0. The maximum atomic E-state index is 10.9. The number of hydrogen-bond acceptors (Lipinski definition) is 6. The molecule has 0 spiro atoms. The average Bonchev–Trinajstić information content (AvgIpc) is 2.25. The molecule has 1 fully saturated rings. The van der Waals surface area contributed by atoms with Crippen molar-refractivity contribution in [3.05, 3.63) is 0 Å². The van der Waals surface area contributed by atoms with Crippen LogP contribution in [0.15, 0.2) is 0 Å². The summed E-state index contributed by atoms with van der Waals surface area (Å²) in [5, 5.41) is 0. The predicted octanol–water partition coefficient (Wildman–Crippen LogP) is 0.633. The molecule has 0 amide bonds. The molecule has 0 bridgehead atoms. The maximum Gasteiger partial charge on any atom is 0.302 e. The first-order chi connectivity index (χ1) is 8.01. The second-order valence-corrected chi connectivity index (χ2v) is 3.93. The monoisotopic (exact) mass is 246 g/mol. The number of ether oxygens (including phenoxy) is 4. The fraction of sp³-hybridized carbons (Fsp3) is 0.818. The second-order valence-electron chi connectivity index (χ2n) is 3.93. The van der Waals surface area contributed by atoms with Crippen molar-refractivity contribution >= 4 is 11.9 Å². The zero-order chi connectivity index (χ0) is 12.8. The summed E-state index contributed by atoms with van der Waals surface area (Å²) in [5.74, 6) is -0.699. The first kappa shape index (κ1) is 13.9. The van der Waals surface area contributed by atoms with Gasteiger partial charge in [-0.05, 0) is 0 Å².